The summed E-state index contributed by atoms with van der Waals surface area (Å²) in [5.74, 6) is -0.151. The number of hydrogen-bond acceptors (Lipinski definition) is 6. The highest BCUT2D eigenvalue weighted by molar-refractivity contribution is 6.48. The molecule has 178 valence electrons. The van der Waals surface area contributed by atoms with E-state index in [1.165, 1.54) is 7.11 Å². The molecule has 0 bridgehead atoms. The highest BCUT2D eigenvalue weighted by atomic mass is 16.7. The lowest BCUT2D eigenvalue weighted by Gasteiger charge is -2.32. The van der Waals surface area contributed by atoms with Crippen LogP contribution in [0.5, 0.6) is 5.75 Å². The molecule has 0 aliphatic carbocycles. The number of nitrogens with one attached hydrogen (secondary N) is 2. The Kier molecular flexibility index (Phi) is 8.94. The van der Waals surface area contributed by atoms with Gasteiger partial charge in [0.25, 0.3) is 0 Å². The number of hydrogen-bond donors (Lipinski definition) is 3. The zero-order chi connectivity index (χ0) is 23.9. The van der Waals surface area contributed by atoms with Crippen molar-refractivity contribution in [3.63, 3.8) is 0 Å². The number of amides is 2. The van der Waals surface area contributed by atoms with E-state index in [9.17, 15) is 9.59 Å². The van der Waals surface area contributed by atoms with Crippen LogP contribution in [-0.2, 0) is 25.3 Å². The van der Waals surface area contributed by atoms with Gasteiger partial charge in [-0.2, -0.15) is 0 Å². The molecule has 2 atom stereocenters. The number of carbonyl (C=O) groups excluding carboxylic acids is 1. The summed E-state index contributed by atoms with van der Waals surface area (Å²) < 4.78 is 22.5. The second kappa shape index (κ2) is 11.0. The highest BCUT2D eigenvalue weighted by Crippen LogP contribution is 2.38. The third kappa shape index (κ3) is 6.85. The average Bonchev–Trinajstić information content (AvgIpc) is 2.94. The van der Waals surface area contributed by atoms with Gasteiger partial charge in [0.2, 0.25) is 5.91 Å². The minimum absolute atomic E-state index is 0.0833. The number of carbonyl (C=O) groups is 2. The minimum Gasteiger partial charge on any atom is -0.497 e. The van der Waals surface area contributed by atoms with Gasteiger partial charge in [-0.3, -0.25) is 4.79 Å². The Morgan fingerprint density at radius 1 is 1.06 bits per heavy atom. The molecule has 1 saturated heterocycles. The molecule has 1 fully saturated rings. The van der Waals surface area contributed by atoms with Gasteiger partial charge in [0.05, 0.1) is 30.9 Å². The molecule has 0 spiro atoms. The normalized spacial score (nSPS) is 18.6. The van der Waals surface area contributed by atoms with E-state index in [0.717, 1.165) is 24.2 Å². The Morgan fingerprint density at radius 3 is 2.16 bits per heavy atom. The predicted octanol–water partition coefficient (Wildman–Crippen LogP) is 2.42. The summed E-state index contributed by atoms with van der Waals surface area (Å²) in [6.07, 6.45) is 0.850. The maximum Gasteiger partial charge on any atom is 0.481 e. The van der Waals surface area contributed by atoms with Gasteiger partial charge in [-0.05, 0) is 64.7 Å². The number of rotatable bonds is 11. The summed E-state index contributed by atoms with van der Waals surface area (Å²) in [6, 6.07) is 6.80. The Balaban J connectivity index is 2.09. The van der Waals surface area contributed by atoms with E-state index < -0.39 is 42.3 Å². The van der Waals surface area contributed by atoms with Crippen molar-refractivity contribution < 1.29 is 33.5 Å². The van der Waals surface area contributed by atoms with Crippen molar-refractivity contribution in [2.45, 2.75) is 70.1 Å². The summed E-state index contributed by atoms with van der Waals surface area (Å²) in [6.45, 7) is 7.71. The van der Waals surface area contributed by atoms with Gasteiger partial charge in [-0.1, -0.05) is 12.1 Å². The van der Waals surface area contributed by atoms with Crippen molar-refractivity contribution in [1.82, 2.24) is 10.6 Å². The molecule has 1 aliphatic rings. The molecule has 3 N–H and O–H groups in total. The smallest absolute Gasteiger partial charge is 0.481 e. The largest absolute Gasteiger partial charge is 0.497 e. The number of benzene rings is 1. The molecule has 1 aromatic carbocycles. The van der Waals surface area contributed by atoms with Gasteiger partial charge in [0.15, 0.2) is 0 Å². The van der Waals surface area contributed by atoms with Gasteiger partial charge in [-0.15, -0.1) is 0 Å². The van der Waals surface area contributed by atoms with Crippen molar-refractivity contribution in [1.29, 1.82) is 0 Å². The molecule has 0 aromatic heterocycles. The molecule has 0 saturated carbocycles. The van der Waals surface area contributed by atoms with Crippen LogP contribution in [0.2, 0.25) is 0 Å². The zero-order valence-electron chi connectivity index (χ0n) is 19.8. The maximum atomic E-state index is 12.8. The lowest BCUT2D eigenvalue weighted by atomic mass is 9.75. The van der Waals surface area contributed by atoms with Gasteiger partial charge < -0.3 is 34.5 Å². The Labute approximate surface area is 190 Å². The van der Waals surface area contributed by atoms with Crippen LogP contribution in [0.1, 0.15) is 46.1 Å². The summed E-state index contributed by atoms with van der Waals surface area (Å²) in [5, 5.41) is 14.1. The van der Waals surface area contributed by atoms with E-state index in [2.05, 4.69) is 10.6 Å². The number of carboxylic acid groups (broad SMARTS) is 1. The Bertz CT molecular complexity index is 754. The first-order chi connectivity index (χ1) is 15.0. The van der Waals surface area contributed by atoms with Crippen LogP contribution in [0.15, 0.2) is 24.3 Å². The topological polar surface area (TPSA) is 115 Å². The first kappa shape index (κ1) is 26.0. The van der Waals surface area contributed by atoms with Crippen LogP contribution in [0.4, 0.5) is 4.79 Å². The fourth-order valence-electron chi connectivity index (χ4n) is 3.43. The average molecular weight is 450 g/mol. The monoisotopic (exact) mass is 450 g/mol. The van der Waals surface area contributed by atoms with Gasteiger partial charge in [0, 0.05) is 7.11 Å². The Hall–Kier alpha value is -2.30. The second-order valence-corrected chi connectivity index (χ2v) is 8.94. The molecule has 1 aliphatic heterocycles. The van der Waals surface area contributed by atoms with Gasteiger partial charge in [0.1, 0.15) is 11.8 Å². The molecule has 9 nitrogen and oxygen atoms in total. The summed E-state index contributed by atoms with van der Waals surface area (Å²) in [5.41, 5.74) is 0.0404. The lowest BCUT2D eigenvalue weighted by molar-refractivity contribution is -0.124. The van der Waals surface area contributed by atoms with Crippen LogP contribution in [0.25, 0.3) is 0 Å². The van der Waals surface area contributed by atoms with Crippen molar-refractivity contribution in [3.05, 3.63) is 29.8 Å². The summed E-state index contributed by atoms with van der Waals surface area (Å²) in [4.78, 5) is 23.9. The maximum absolute atomic E-state index is 12.8. The summed E-state index contributed by atoms with van der Waals surface area (Å²) >= 11 is 0. The van der Waals surface area contributed by atoms with Crippen LogP contribution in [0.3, 0.4) is 0 Å². The molecule has 2 rings (SSSR count). The third-order valence-electron chi connectivity index (χ3n) is 6.01. The van der Waals surface area contributed by atoms with Crippen molar-refractivity contribution in [2.75, 3.05) is 20.8 Å². The lowest BCUT2D eigenvalue weighted by Crippen LogP contribution is -2.55. The molecule has 0 unspecified atom stereocenters. The molecule has 32 heavy (non-hydrogen) atoms. The standard InChI is InChI=1S/C22H35BN2O7/c1-21(2)22(3,4)32-23(31-21)18(25-19(26)17(14-29-5)24-20(27)28)9-7-8-15-10-12-16(30-6)13-11-15/h10-13,17-18,24H,7-9,14H2,1-6H3,(H,25,26)(H,27,28)/t17-,18+/m1/s1. The van der Waals surface area contributed by atoms with Gasteiger partial charge >= 0.3 is 13.2 Å². The second-order valence-electron chi connectivity index (χ2n) is 8.94. The molecule has 2 amide bonds. The van der Waals surface area contributed by atoms with Crippen LogP contribution in [-0.4, -0.2) is 68.2 Å². The van der Waals surface area contributed by atoms with E-state index in [1.54, 1.807) is 7.11 Å². The predicted molar refractivity (Wildman–Crippen MR) is 121 cm³/mol. The fraction of sp³-hybridized carbons (Fsp3) is 0.636. The number of ether oxygens (including phenoxy) is 2. The zero-order valence-corrected chi connectivity index (χ0v) is 19.8. The SMILES string of the molecule is COC[C@@H](NC(=O)O)C(=O)N[C@@H](CCCc1ccc(OC)cc1)B1OC(C)(C)C(C)(C)O1. The number of aryl methyl sites for hydroxylation is 1. The molecule has 1 heterocycles. The van der Waals surface area contributed by atoms with E-state index in [1.807, 2.05) is 52.0 Å². The highest BCUT2D eigenvalue weighted by Gasteiger charge is 2.54. The quantitative estimate of drug-likeness (QED) is 0.444. The molecule has 10 heteroatoms. The van der Waals surface area contributed by atoms with Crippen molar-refractivity contribution in [3.8, 4) is 5.75 Å². The van der Waals surface area contributed by atoms with Crippen LogP contribution >= 0.6 is 0 Å². The fourth-order valence-corrected chi connectivity index (χ4v) is 3.43. The van der Waals surface area contributed by atoms with E-state index in [-0.39, 0.29) is 6.61 Å². The van der Waals surface area contributed by atoms with E-state index in [4.69, 9.17) is 23.9 Å². The molecular weight excluding hydrogens is 415 g/mol. The molecular formula is C22H35BN2O7. The number of methoxy groups -OCH3 is 2. The van der Waals surface area contributed by atoms with Gasteiger partial charge in [-0.25, -0.2) is 4.79 Å². The van der Waals surface area contributed by atoms with Crippen LogP contribution < -0.4 is 15.4 Å². The van der Waals surface area contributed by atoms with Crippen molar-refractivity contribution >= 4 is 19.1 Å². The Morgan fingerprint density at radius 2 is 1.66 bits per heavy atom. The minimum atomic E-state index is -1.30. The molecule has 0 radical (unpaired) electrons. The third-order valence-corrected chi connectivity index (χ3v) is 6.01. The van der Waals surface area contributed by atoms with Crippen LogP contribution in [0, 0.1) is 0 Å². The van der Waals surface area contributed by atoms with E-state index in [0.29, 0.717) is 6.42 Å². The molecule has 1 aromatic rings. The van der Waals surface area contributed by atoms with E-state index >= 15 is 0 Å². The van der Waals surface area contributed by atoms with Crippen molar-refractivity contribution in [2.24, 2.45) is 0 Å². The summed E-state index contributed by atoms with van der Waals surface area (Å²) in [7, 11) is 2.38. The first-order valence-corrected chi connectivity index (χ1v) is 10.8. The first-order valence-electron chi connectivity index (χ1n) is 10.8.